The number of halogens is 1. The zero-order valence-electron chi connectivity index (χ0n) is 15.2. The molecular weight excluding hydrogens is 447 g/mol. The average molecular weight is 474 g/mol. The van der Waals surface area contributed by atoms with Gasteiger partial charge in [-0.25, -0.2) is 4.98 Å². The van der Waals surface area contributed by atoms with E-state index in [1.807, 2.05) is 17.8 Å². The number of thioether (sulfide) groups is 1. The van der Waals surface area contributed by atoms with Crippen molar-refractivity contribution in [1.29, 1.82) is 0 Å². The number of aliphatic imine (C=N–C) groups is 1. The van der Waals surface area contributed by atoms with E-state index in [-0.39, 0.29) is 29.4 Å². The fourth-order valence-corrected chi connectivity index (χ4v) is 2.76. The minimum Gasteiger partial charge on any atom is -0.443 e. The lowest BCUT2D eigenvalue weighted by Gasteiger charge is -2.13. The number of aromatic nitrogens is 1. The Balaban J connectivity index is 0.00000312. The van der Waals surface area contributed by atoms with Crippen molar-refractivity contribution in [3.63, 3.8) is 0 Å². The third kappa shape index (κ3) is 7.68. The third-order valence-corrected chi connectivity index (χ3v) is 4.34. The number of benzene rings is 1. The highest BCUT2D eigenvalue weighted by Crippen LogP contribution is 2.22. The van der Waals surface area contributed by atoms with Crippen LogP contribution < -0.4 is 10.6 Å². The number of nitrogens with zero attached hydrogens (tertiary/aromatic N) is 2. The number of guanidine groups is 1. The van der Waals surface area contributed by atoms with Crippen LogP contribution in [0.5, 0.6) is 0 Å². The summed E-state index contributed by atoms with van der Waals surface area (Å²) in [6, 6.07) is 10.4. The Morgan fingerprint density at radius 1 is 1.20 bits per heavy atom. The van der Waals surface area contributed by atoms with Crippen LogP contribution in [0.25, 0.3) is 0 Å². The first-order valence-corrected chi connectivity index (χ1v) is 9.05. The summed E-state index contributed by atoms with van der Waals surface area (Å²) in [5.74, 6) is 3.28. The first-order valence-electron chi connectivity index (χ1n) is 8.06. The molecule has 0 radical (unpaired) electrons. The molecule has 0 saturated carbocycles. The summed E-state index contributed by atoms with van der Waals surface area (Å²) in [6.45, 7) is 7.67. The Labute approximate surface area is 171 Å². The average Bonchev–Trinajstić information content (AvgIpc) is 3.04. The van der Waals surface area contributed by atoms with Crippen LogP contribution in [0.4, 0.5) is 0 Å². The molecule has 1 aromatic heterocycles. The molecule has 0 aliphatic heterocycles. The molecule has 0 amide bonds. The lowest BCUT2D eigenvalue weighted by Crippen LogP contribution is -2.38. The van der Waals surface area contributed by atoms with Gasteiger partial charge < -0.3 is 15.1 Å². The van der Waals surface area contributed by atoms with Crippen molar-refractivity contribution in [2.45, 2.75) is 37.6 Å². The Morgan fingerprint density at radius 3 is 2.52 bits per heavy atom. The molecule has 0 saturated heterocycles. The molecule has 0 aliphatic carbocycles. The maximum Gasteiger partial charge on any atom is 0.213 e. The summed E-state index contributed by atoms with van der Waals surface area (Å²) in [4.78, 5) is 9.80. The number of hydrogen-bond acceptors (Lipinski definition) is 4. The highest BCUT2D eigenvalue weighted by atomic mass is 127. The van der Waals surface area contributed by atoms with Gasteiger partial charge in [-0.1, -0.05) is 39.0 Å². The van der Waals surface area contributed by atoms with Gasteiger partial charge in [-0.2, -0.15) is 0 Å². The van der Waals surface area contributed by atoms with Gasteiger partial charge in [0.25, 0.3) is 0 Å². The van der Waals surface area contributed by atoms with E-state index < -0.39 is 0 Å². The predicted octanol–water partition coefficient (Wildman–Crippen LogP) is 4.05. The van der Waals surface area contributed by atoms with Crippen LogP contribution in [-0.4, -0.2) is 30.3 Å². The van der Waals surface area contributed by atoms with Gasteiger partial charge in [-0.05, 0) is 12.1 Å². The molecule has 0 bridgehead atoms. The van der Waals surface area contributed by atoms with Gasteiger partial charge >= 0.3 is 0 Å². The second kappa shape index (κ2) is 10.7. The molecule has 25 heavy (non-hydrogen) atoms. The molecule has 2 N–H and O–H groups in total. The van der Waals surface area contributed by atoms with E-state index in [0.29, 0.717) is 12.4 Å². The van der Waals surface area contributed by atoms with Gasteiger partial charge in [0.2, 0.25) is 5.89 Å². The summed E-state index contributed by atoms with van der Waals surface area (Å²) < 4.78 is 5.77. The topological polar surface area (TPSA) is 62.5 Å². The molecular formula is C18H27IN4OS. The molecule has 1 heterocycles. The van der Waals surface area contributed by atoms with Crippen molar-refractivity contribution in [3.05, 3.63) is 48.2 Å². The van der Waals surface area contributed by atoms with Crippen LogP contribution in [0.3, 0.4) is 0 Å². The Bertz CT molecular complexity index is 653. The molecule has 7 heteroatoms. The van der Waals surface area contributed by atoms with Gasteiger partial charge in [0.15, 0.2) is 5.96 Å². The van der Waals surface area contributed by atoms with E-state index in [1.54, 1.807) is 13.2 Å². The van der Waals surface area contributed by atoms with Crippen molar-refractivity contribution in [1.82, 2.24) is 15.6 Å². The molecule has 2 rings (SSSR count). The molecule has 0 fully saturated rings. The van der Waals surface area contributed by atoms with Gasteiger partial charge in [0.05, 0.1) is 12.7 Å². The molecule has 5 nitrogen and oxygen atoms in total. The molecule has 0 unspecified atom stereocenters. The lowest BCUT2D eigenvalue weighted by atomic mass is 9.94. The second-order valence-corrected chi connectivity index (χ2v) is 7.55. The predicted molar refractivity (Wildman–Crippen MR) is 116 cm³/mol. The number of nitrogens with one attached hydrogen (secondary N) is 2. The summed E-state index contributed by atoms with van der Waals surface area (Å²) >= 11 is 1.82. The minimum absolute atomic E-state index is 0. The van der Waals surface area contributed by atoms with Crippen LogP contribution >= 0.6 is 35.7 Å². The Kier molecular flexibility index (Phi) is 9.34. The van der Waals surface area contributed by atoms with Crippen molar-refractivity contribution in [2.24, 2.45) is 4.99 Å². The van der Waals surface area contributed by atoms with Gasteiger partial charge in [-0.15, -0.1) is 35.7 Å². The largest absolute Gasteiger partial charge is 0.443 e. The van der Waals surface area contributed by atoms with Crippen LogP contribution in [0.2, 0.25) is 0 Å². The van der Waals surface area contributed by atoms with Crippen LogP contribution in [0.15, 0.2) is 50.8 Å². The van der Waals surface area contributed by atoms with Crippen molar-refractivity contribution in [2.75, 3.05) is 19.3 Å². The monoisotopic (exact) mass is 474 g/mol. The Hall–Kier alpha value is -1.22. The normalized spacial score (nSPS) is 11.8. The van der Waals surface area contributed by atoms with E-state index >= 15 is 0 Å². The van der Waals surface area contributed by atoms with Crippen molar-refractivity contribution >= 4 is 41.7 Å². The number of rotatable bonds is 6. The van der Waals surface area contributed by atoms with E-state index in [0.717, 1.165) is 24.0 Å². The smallest absolute Gasteiger partial charge is 0.213 e. The summed E-state index contributed by atoms with van der Waals surface area (Å²) in [5.41, 5.74) is -0.0279. The first kappa shape index (κ1) is 21.8. The fraction of sp³-hybridized carbons (Fsp3) is 0.444. The molecule has 138 valence electrons. The molecule has 1 aromatic carbocycles. The SMILES string of the molecule is CN=C(NCCSc1ccccc1)NCc1ncc(C(C)(C)C)o1.I. The quantitative estimate of drug-likeness (QED) is 0.218. The van der Waals surface area contributed by atoms with E-state index in [9.17, 15) is 0 Å². The van der Waals surface area contributed by atoms with E-state index in [1.165, 1.54) is 4.90 Å². The lowest BCUT2D eigenvalue weighted by molar-refractivity contribution is 0.379. The highest BCUT2D eigenvalue weighted by Gasteiger charge is 2.19. The van der Waals surface area contributed by atoms with Gasteiger partial charge in [-0.3, -0.25) is 4.99 Å². The van der Waals surface area contributed by atoms with Crippen LogP contribution in [0.1, 0.15) is 32.4 Å². The molecule has 0 aliphatic rings. The first-order chi connectivity index (χ1) is 11.5. The fourth-order valence-electron chi connectivity index (χ4n) is 1.97. The maximum absolute atomic E-state index is 5.77. The Morgan fingerprint density at radius 2 is 1.92 bits per heavy atom. The maximum atomic E-state index is 5.77. The van der Waals surface area contributed by atoms with E-state index in [4.69, 9.17) is 4.42 Å². The third-order valence-electron chi connectivity index (χ3n) is 3.33. The van der Waals surface area contributed by atoms with Gasteiger partial charge in [0, 0.05) is 29.7 Å². The summed E-state index contributed by atoms with van der Waals surface area (Å²) in [5, 5.41) is 6.52. The van der Waals surface area contributed by atoms with Crippen molar-refractivity contribution < 1.29 is 4.42 Å². The van der Waals surface area contributed by atoms with E-state index in [2.05, 4.69) is 65.6 Å². The zero-order valence-corrected chi connectivity index (χ0v) is 18.4. The minimum atomic E-state index is -0.0279. The highest BCUT2D eigenvalue weighted by molar-refractivity contribution is 14.0. The zero-order chi connectivity index (χ0) is 17.4. The summed E-state index contributed by atoms with van der Waals surface area (Å²) in [7, 11) is 1.76. The van der Waals surface area contributed by atoms with Crippen LogP contribution in [0, 0.1) is 0 Å². The molecule has 0 atom stereocenters. The molecule has 0 spiro atoms. The summed E-state index contributed by atoms with van der Waals surface area (Å²) in [6.07, 6.45) is 1.80. The van der Waals surface area contributed by atoms with Gasteiger partial charge in [0.1, 0.15) is 5.76 Å². The van der Waals surface area contributed by atoms with Crippen molar-refractivity contribution in [3.8, 4) is 0 Å². The molecule has 2 aromatic rings. The van der Waals surface area contributed by atoms with Crippen LogP contribution in [-0.2, 0) is 12.0 Å². The second-order valence-electron chi connectivity index (χ2n) is 6.38. The number of oxazole rings is 1. The number of hydrogen-bond donors (Lipinski definition) is 2. The standard InChI is InChI=1S/C18H26N4OS.HI/c1-18(2,3)15-12-21-16(23-15)13-22-17(19-4)20-10-11-24-14-8-6-5-7-9-14;/h5-9,12H,10-11,13H2,1-4H3,(H2,19,20,22);1H.